The Kier molecular flexibility index (Phi) is 11.1. The zero-order chi connectivity index (χ0) is 41.5. The van der Waals surface area contributed by atoms with Crippen molar-refractivity contribution in [2.75, 3.05) is 55.6 Å². The maximum atomic E-state index is 13.3. The molecular weight excluding hydrogens is 830 g/mol. The number of ether oxygens (including phenoxy) is 1. The van der Waals surface area contributed by atoms with Crippen LogP contribution in [0.5, 0.6) is 5.75 Å². The van der Waals surface area contributed by atoms with Crippen LogP contribution < -0.4 is 25.2 Å². The van der Waals surface area contributed by atoms with E-state index in [0.717, 1.165) is 119 Å². The lowest BCUT2D eigenvalue weighted by Crippen LogP contribution is -2.60. The maximum absolute atomic E-state index is 13.3. The molecule has 60 heavy (non-hydrogen) atoms. The summed E-state index contributed by atoms with van der Waals surface area (Å²) in [7, 11) is 0. The number of carbonyl (C=O) groups excluding carboxylic acids is 5. The van der Waals surface area contributed by atoms with E-state index in [2.05, 4.69) is 57.5 Å². The van der Waals surface area contributed by atoms with Gasteiger partial charge in [-0.2, -0.15) is 5.26 Å². The van der Waals surface area contributed by atoms with E-state index in [9.17, 15) is 24.0 Å². The lowest BCUT2D eigenvalue weighted by Gasteiger charge is -2.55. The van der Waals surface area contributed by atoms with E-state index in [-0.39, 0.29) is 42.2 Å². The lowest BCUT2D eigenvalue weighted by molar-refractivity contribution is -0.136. The molecule has 16 heteroatoms. The molecule has 1 spiro atoms. The number of carbonyl (C=O) groups is 5. The van der Waals surface area contributed by atoms with Crippen molar-refractivity contribution in [1.29, 1.82) is 5.26 Å². The minimum absolute atomic E-state index is 0.0555. The number of anilines is 2. The van der Waals surface area contributed by atoms with Crippen LogP contribution in [0.2, 0.25) is 0 Å². The van der Waals surface area contributed by atoms with Gasteiger partial charge in [-0.15, -0.1) is 10.2 Å². The molecule has 1 atom stereocenters. The summed E-state index contributed by atoms with van der Waals surface area (Å²) in [5, 5.41) is 23.3. The molecule has 5 aliphatic heterocycles. The summed E-state index contributed by atoms with van der Waals surface area (Å²) in [5.74, 6) is 0.00339. The molecule has 1 unspecified atom stereocenters. The highest BCUT2D eigenvalue weighted by molar-refractivity contribution is 9.10. The molecule has 1 aliphatic carbocycles. The van der Waals surface area contributed by atoms with Crippen molar-refractivity contribution in [3.8, 4) is 11.8 Å². The van der Waals surface area contributed by atoms with Crippen LogP contribution in [0, 0.1) is 22.7 Å². The van der Waals surface area contributed by atoms with Gasteiger partial charge in [0.1, 0.15) is 17.9 Å². The van der Waals surface area contributed by atoms with Gasteiger partial charge < -0.3 is 24.8 Å². The first kappa shape index (κ1) is 40.0. The van der Waals surface area contributed by atoms with Crippen LogP contribution in [0.15, 0.2) is 53.0 Å². The molecule has 3 aromatic rings. The fraction of sp³-hybridized carbons (Fsp3) is 0.500. The van der Waals surface area contributed by atoms with Crippen LogP contribution in [-0.2, 0) is 9.59 Å². The van der Waals surface area contributed by atoms with Crippen molar-refractivity contribution in [2.24, 2.45) is 11.3 Å². The average Bonchev–Trinajstić information content (AvgIpc) is 3.49. The Morgan fingerprint density at radius 1 is 0.867 bits per heavy atom. The number of likely N-dealkylation sites (tertiary alicyclic amines) is 1. The standard InChI is InChI=1S/C44H48BrN9O6/c45-35-22-32(5-1-28(35)23-46)60-31-6-2-29(3-7-31)47-40(56)36-9-11-38(50-49-36)52-17-13-27(14-18-52)24-51-19-15-44(16-20-51)25-53(26-44)30-4-8-33-34(21-30)43(59)54(42(33)58)37-10-12-39(55)48-41(37)57/h1,4-5,8-9,11,21-22,27,29,31,37H,2-3,6-7,10,12-20,24-26H2,(H,47,56)(H,48,55,57). The second kappa shape index (κ2) is 16.6. The molecule has 312 valence electrons. The predicted molar refractivity (Wildman–Crippen MR) is 223 cm³/mol. The minimum atomic E-state index is -0.965. The monoisotopic (exact) mass is 877 g/mol. The Balaban J connectivity index is 0.683. The molecule has 2 N–H and O–H groups in total. The van der Waals surface area contributed by atoms with Crippen LogP contribution >= 0.6 is 15.9 Å². The Morgan fingerprint density at radius 3 is 2.30 bits per heavy atom. The molecule has 0 bridgehead atoms. The Bertz CT molecular complexity index is 2230. The van der Waals surface area contributed by atoms with E-state index in [1.807, 2.05) is 24.3 Å². The van der Waals surface area contributed by atoms with Gasteiger partial charge in [0.15, 0.2) is 11.5 Å². The highest BCUT2D eigenvalue weighted by Gasteiger charge is 2.47. The second-order valence-corrected chi connectivity index (χ2v) is 18.2. The van der Waals surface area contributed by atoms with Gasteiger partial charge in [-0.25, -0.2) is 0 Å². The van der Waals surface area contributed by atoms with Gasteiger partial charge in [0.25, 0.3) is 17.7 Å². The van der Waals surface area contributed by atoms with Crippen molar-refractivity contribution < 1.29 is 28.7 Å². The highest BCUT2D eigenvalue weighted by Crippen LogP contribution is 2.44. The number of hydrogen-bond donors (Lipinski definition) is 2. The molecule has 1 saturated carbocycles. The smallest absolute Gasteiger partial charge is 0.272 e. The van der Waals surface area contributed by atoms with Gasteiger partial charge in [0.05, 0.1) is 22.8 Å². The van der Waals surface area contributed by atoms with Gasteiger partial charge in [0.2, 0.25) is 11.8 Å². The number of benzene rings is 2. The van der Waals surface area contributed by atoms with Crippen molar-refractivity contribution in [1.82, 2.24) is 30.6 Å². The maximum Gasteiger partial charge on any atom is 0.272 e. The van der Waals surface area contributed by atoms with Gasteiger partial charge in [-0.1, -0.05) is 0 Å². The molecular formula is C44H48BrN9O6. The molecule has 6 aliphatic rings. The SMILES string of the molecule is N#Cc1ccc(OC2CCC(NC(=O)c3ccc(N4CCC(CN5CCC6(CC5)CN(c5ccc7c(c5)C(=O)N(C5CCC(=O)NC5=O)C7=O)C6)CC4)nn3)CC2)cc1Br. The van der Waals surface area contributed by atoms with Gasteiger partial charge in [-0.3, -0.25) is 34.2 Å². The first-order valence-corrected chi connectivity index (χ1v) is 21.9. The molecule has 4 saturated heterocycles. The third-order valence-electron chi connectivity index (χ3n) is 13.5. The quantitative estimate of drug-likeness (QED) is 0.289. The molecule has 1 aromatic heterocycles. The van der Waals surface area contributed by atoms with E-state index in [1.54, 1.807) is 24.3 Å². The van der Waals surface area contributed by atoms with Crippen LogP contribution in [-0.4, -0.2) is 114 Å². The first-order chi connectivity index (χ1) is 29.0. The van der Waals surface area contributed by atoms with Crippen LogP contribution in [0.25, 0.3) is 0 Å². The molecule has 2 aromatic carbocycles. The fourth-order valence-corrected chi connectivity index (χ4v) is 10.3. The van der Waals surface area contributed by atoms with Crippen LogP contribution in [0.3, 0.4) is 0 Å². The number of nitrogens with zero attached hydrogens (tertiary/aromatic N) is 7. The van der Waals surface area contributed by atoms with E-state index in [4.69, 9.17) is 10.00 Å². The molecule has 5 amide bonds. The number of rotatable bonds is 9. The molecule has 0 radical (unpaired) electrons. The summed E-state index contributed by atoms with van der Waals surface area (Å²) in [6, 6.07) is 15.7. The molecule has 15 nitrogen and oxygen atoms in total. The summed E-state index contributed by atoms with van der Waals surface area (Å²) in [6.07, 6.45) is 7.98. The van der Waals surface area contributed by atoms with E-state index in [0.29, 0.717) is 32.8 Å². The number of amides is 5. The number of nitriles is 1. The third-order valence-corrected chi connectivity index (χ3v) is 14.1. The van der Waals surface area contributed by atoms with Gasteiger partial charge in [0, 0.05) is 60.8 Å². The summed E-state index contributed by atoms with van der Waals surface area (Å²) >= 11 is 3.42. The first-order valence-electron chi connectivity index (χ1n) is 21.1. The van der Waals surface area contributed by atoms with Crippen molar-refractivity contribution in [2.45, 2.75) is 82.4 Å². The van der Waals surface area contributed by atoms with Crippen molar-refractivity contribution in [3.05, 3.63) is 75.4 Å². The van der Waals surface area contributed by atoms with Gasteiger partial charge >= 0.3 is 0 Å². The number of hydrogen-bond acceptors (Lipinski definition) is 12. The summed E-state index contributed by atoms with van der Waals surface area (Å²) in [5.41, 5.74) is 2.69. The number of halogens is 1. The molecule has 9 rings (SSSR count). The number of nitrogens with one attached hydrogen (secondary N) is 2. The number of imide groups is 2. The summed E-state index contributed by atoms with van der Waals surface area (Å²) in [6.45, 7) is 6.85. The van der Waals surface area contributed by atoms with Crippen molar-refractivity contribution in [3.63, 3.8) is 0 Å². The summed E-state index contributed by atoms with van der Waals surface area (Å²) < 4.78 is 6.86. The molecule has 5 fully saturated rings. The molecule has 6 heterocycles. The average molecular weight is 879 g/mol. The normalized spacial score (nSPS) is 24.5. The zero-order valence-electron chi connectivity index (χ0n) is 33.4. The highest BCUT2D eigenvalue weighted by atomic mass is 79.9. The fourth-order valence-electron chi connectivity index (χ4n) is 9.89. The Hall–Kier alpha value is -5.40. The number of aromatic nitrogens is 2. The number of piperidine rings is 3. The van der Waals surface area contributed by atoms with E-state index >= 15 is 0 Å². The predicted octanol–water partition coefficient (Wildman–Crippen LogP) is 4.45. The zero-order valence-corrected chi connectivity index (χ0v) is 35.0. The second-order valence-electron chi connectivity index (χ2n) is 17.4. The largest absolute Gasteiger partial charge is 0.490 e. The van der Waals surface area contributed by atoms with Crippen LogP contribution in [0.4, 0.5) is 11.5 Å². The topological polar surface area (TPSA) is 181 Å². The minimum Gasteiger partial charge on any atom is -0.490 e. The Morgan fingerprint density at radius 2 is 1.62 bits per heavy atom. The number of fused-ring (bicyclic) bond motifs is 1. The lowest BCUT2D eigenvalue weighted by atomic mass is 9.71. The van der Waals surface area contributed by atoms with Crippen molar-refractivity contribution >= 4 is 57.0 Å². The van der Waals surface area contributed by atoms with E-state index < -0.39 is 23.8 Å². The summed E-state index contributed by atoms with van der Waals surface area (Å²) in [4.78, 5) is 71.7. The van der Waals surface area contributed by atoms with E-state index in [1.165, 1.54) is 0 Å². The van der Waals surface area contributed by atoms with Crippen LogP contribution in [0.1, 0.15) is 101 Å². The Labute approximate surface area is 356 Å². The third kappa shape index (κ3) is 8.09. The van der Waals surface area contributed by atoms with Gasteiger partial charge in [-0.05, 0) is 141 Å².